The first-order chi connectivity index (χ1) is 11.3. The van der Waals surface area contributed by atoms with Gasteiger partial charge in [-0.3, -0.25) is 4.99 Å². The molecule has 2 aromatic carbocycles. The van der Waals surface area contributed by atoms with Crippen LogP contribution in [0.15, 0.2) is 51.9 Å². The van der Waals surface area contributed by atoms with E-state index < -0.39 is 12.2 Å². The number of hydrogen-bond acceptors (Lipinski definition) is 4. The van der Waals surface area contributed by atoms with Crippen molar-refractivity contribution in [3.8, 4) is 5.75 Å². The normalized spacial score (nSPS) is 12.6. The van der Waals surface area contributed by atoms with Crippen molar-refractivity contribution in [3.05, 3.63) is 63.6 Å². The molecule has 0 spiro atoms. The average molecular weight is 390 g/mol. The second kappa shape index (κ2) is 8.22. The second-order valence-electron chi connectivity index (χ2n) is 5.92. The number of aliphatic imine (C=N–C) groups is 1. The zero-order valence-electron chi connectivity index (χ0n) is 13.9. The Labute approximate surface area is 150 Å². The van der Waals surface area contributed by atoms with Gasteiger partial charge < -0.3 is 9.84 Å². The number of ether oxygens (including phenoxy) is 1. The van der Waals surface area contributed by atoms with Crippen molar-refractivity contribution in [1.29, 1.82) is 0 Å². The van der Waals surface area contributed by atoms with Crippen LogP contribution in [0.3, 0.4) is 0 Å². The number of aryl methyl sites for hydroxylation is 1. The first-order valence-electron chi connectivity index (χ1n) is 7.66. The fourth-order valence-electron chi connectivity index (χ4n) is 1.99. The van der Waals surface area contributed by atoms with Crippen molar-refractivity contribution in [1.82, 2.24) is 0 Å². The Bertz CT molecular complexity index is 756. The predicted molar refractivity (Wildman–Crippen MR) is 98.7 cm³/mol. The predicted octanol–water partition coefficient (Wildman–Crippen LogP) is 4.37. The molecule has 24 heavy (non-hydrogen) atoms. The van der Waals surface area contributed by atoms with E-state index in [1.807, 2.05) is 39.0 Å². The summed E-state index contributed by atoms with van der Waals surface area (Å²) in [4.78, 5) is 16.3. The fourth-order valence-corrected chi connectivity index (χ4v) is 2.48. The number of rotatable bonds is 5. The van der Waals surface area contributed by atoms with Crippen LogP contribution in [0.5, 0.6) is 5.75 Å². The molecule has 0 saturated carbocycles. The molecule has 1 atom stereocenters. The first-order valence-corrected chi connectivity index (χ1v) is 8.45. The highest BCUT2D eigenvalue weighted by molar-refractivity contribution is 9.10. The van der Waals surface area contributed by atoms with Crippen LogP contribution in [0.2, 0.25) is 0 Å². The molecule has 4 nitrogen and oxygen atoms in total. The Morgan fingerprint density at radius 3 is 2.67 bits per heavy atom. The molecular formula is C19H20BrNO3. The lowest BCUT2D eigenvalue weighted by Gasteiger charge is -2.09. The summed E-state index contributed by atoms with van der Waals surface area (Å²) in [6.07, 6.45) is 0.807. The highest BCUT2D eigenvalue weighted by Gasteiger charge is 2.10. The lowest BCUT2D eigenvalue weighted by Crippen LogP contribution is -2.11. The van der Waals surface area contributed by atoms with E-state index in [9.17, 15) is 9.90 Å². The molecule has 2 rings (SSSR count). The van der Waals surface area contributed by atoms with Crippen molar-refractivity contribution in [2.24, 2.45) is 10.9 Å². The van der Waals surface area contributed by atoms with Crippen molar-refractivity contribution >= 4 is 28.1 Å². The average Bonchev–Trinajstić information content (AvgIpc) is 2.52. The lowest BCUT2D eigenvalue weighted by atomic mass is 10.1. The maximum absolute atomic E-state index is 12.2. The maximum atomic E-state index is 12.2. The molecule has 0 amide bonds. The summed E-state index contributed by atoms with van der Waals surface area (Å²) in [6, 6.07) is 12.5. The Morgan fingerprint density at radius 2 is 2.00 bits per heavy atom. The van der Waals surface area contributed by atoms with E-state index in [2.05, 4.69) is 20.9 Å². The summed E-state index contributed by atoms with van der Waals surface area (Å²) in [5.74, 6) is 0.0327. The summed E-state index contributed by atoms with van der Waals surface area (Å²) in [5.41, 5.74) is 2.23. The fraction of sp³-hybridized carbons (Fsp3) is 0.263. The number of carbonyl (C=O) groups is 1. The zero-order valence-corrected chi connectivity index (χ0v) is 15.4. The molecule has 0 aliphatic rings. The third-order valence-electron chi connectivity index (χ3n) is 3.33. The monoisotopic (exact) mass is 389 g/mol. The number of benzene rings is 2. The van der Waals surface area contributed by atoms with Crippen LogP contribution in [0.4, 0.5) is 0 Å². The Morgan fingerprint density at radius 1 is 1.25 bits per heavy atom. The van der Waals surface area contributed by atoms with Crippen molar-refractivity contribution in [2.75, 3.05) is 0 Å². The van der Waals surface area contributed by atoms with Crippen LogP contribution >= 0.6 is 15.9 Å². The molecule has 1 N–H and O–H groups in total. The summed E-state index contributed by atoms with van der Waals surface area (Å²) in [6.45, 7) is 5.69. The molecule has 5 heteroatoms. The smallest absolute Gasteiger partial charge is 0.343 e. The van der Waals surface area contributed by atoms with Crippen LogP contribution in [-0.2, 0) is 0 Å². The third kappa shape index (κ3) is 5.28. The van der Waals surface area contributed by atoms with Gasteiger partial charge in [-0.2, -0.15) is 0 Å². The highest BCUT2D eigenvalue weighted by Crippen LogP contribution is 2.22. The summed E-state index contributed by atoms with van der Waals surface area (Å²) >= 11 is 3.39. The Balaban J connectivity index is 2.18. The zero-order chi connectivity index (χ0) is 17.7. The van der Waals surface area contributed by atoms with E-state index in [-0.39, 0.29) is 5.92 Å². The van der Waals surface area contributed by atoms with E-state index in [4.69, 9.17) is 4.74 Å². The Kier molecular flexibility index (Phi) is 6.29. The summed E-state index contributed by atoms with van der Waals surface area (Å²) in [5, 5.41) is 9.75. The van der Waals surface area contributed by atoms with Crippen LogP contribution in [0, 0.1) is 12.8 Å². The quantitative estimate of drug-likeness (QED) is 0.469. The number of halogens is 1. The third-order valence-corrected chi connectivity index (χ3v) is 3.79. The number of aliphatic hydroxyl groups is 1. The van der Waals surface area contributed by atoms with Crippen LogP contribution in [-0.4, -0.2) is 23.5 Å². The molecule has 126 valence electrons. The molecule has 0 aliphatic carbocycles. The van der Waals surface area contributed by atoms with Gasteiger partial charge in [0.25, 0.3) is 0 Å². The van der Waals surface area contributed by atoms with E-state index in [1.165, 1.54) is 0 Å². The molecule has 0 fully saturated rings. The van der Waals surface area contributed by atoms with Crippen LogP contribution in [0.1, 0.15) is 35.3 Å². The molecule has 1 unspecified atom stereocenters. The number of esters is 1. The number of carbonyl (C=O) groups excluding carboxylic acids is 1. The molecule has 0 radical (unpaired) electrons. The topological polar surface area (TPSA) is 58.9 Å². The van der Waals surface area contributed by atoms with Gasteiger partial charge in [-0.15, -0.1) is 0 Å². The van der Waals surface area contributed by atoms with Gasteiger partial charge in [0.15, 0.2) is 0 Å². The van der Waals surface area contributed by atoms with E-state index >= 15 is 0 Å². The minimum absolute atomic E-state index is 0.0343. The first kappa shape index (κ1) is 18.4. The molecular weight excluding hydrogens is 370 g/mol. The van der Waals surface area contributed by atoms with E-state index in [1.54, 1.807) is 30.5 Å². The van der Waals surface area contributed by atoms with Gasteiger partial charge >= 0.3 is 5.97 Å². The van der Waals surface area contributed by atoms with Gasteiger partial charge in [-0.25, -0.2) is 4.79 Å². The summed E-state index contributed by atoms with van der Waals surface area (Å²) in [7, 11) is 0. The van der Waals surface area contributed by atoms with Crippen molar-refractivity contribution < 1.29 is 14.6 Å². The van der Waals surface area contributed by atoms with Gasteiger partial charge in [0.1, 0.15) is 12.0 Å². The number of nitrogens with zero attached hydrogens (tertiary/aromatic N) is 1. The minimum Gasteiger partial charge on any atom is -0.423 e. The summed E-state index contributed by atoms with van der Waals surface area (Å²) < 4.78 is 6.20. The standard InChI is InChI=1S/C19H20BrNO3/c1-12(2)18(22)21-11-14-8-16(20)10-17(9-14)24-19(23)15-6-4-5-13(3)7-15/h4-12,18,22H,1-3H3. The maximum Gasteiger partial charge on any atom is 0.343 e. The van der Waals surface area contributed by atoms with Gasteiger partial charge in [-0.05, 0) is 48.7 Å². The van der Waals surface area contributed by atoms with Gasteiger partial charge in [0, 0.05) is 10.7 Å². The van der Waals surface area contributed by atoms with Gasteiger partial charge in [-0.1, -0.05) is 47.5 Å². The second-order valence-corrected chi connectivity index (χ2v) is 6.83. The SMILES string of the molecule is Cc1cccc(C(=O)Oc2cc(Br)cc(C=NC(O)C(C)C)c2)c1. The van der Waals surface area contributed by atoms with E-state index in [0.29, 0.717) is 11.3 Å². The molecule has 0 bridgehead atoms. The number of aliphatic hydroxyl groups excluding tert-OH is 1. The van der Waals surface area contributed by atoms with Crippen LogP contribution < -0.4 is 4.74 Å². The largest absolute Gasteiger partial charge is 0.423 e. The van der Waals surface area contributed by atoms with Crippen LogP contribution in [0.25, 0.3) is 0 Å². The lowest BCUT2D eigenvalue weighted by molar-refractivity contribution is 0.0734. The highest BCUT2D eigenvalue weighted by atomic mass is 79.9. The molecule has 0 aromatic heterocycles. The molecule has 0 aliphatic heterocycles. The molecule has 0 saturated heterocycles. The van der Waals surface area contributed by atoms with Gasteiger partial charge in [0.05, 0.1) is 5.56 Å². The van der Waals surface area contributed by atoms with E-state index in [0.717, 1.165) is 15.6 Å². The molecule has 2 aromatic rings. The van der Waals surface area contributed by atoms with Gasteiger partial charge in [0.2, 0.25) is 0 Å². The van der Waals surface area contributed by atoms with Crippen molar-refractivity contribution in [3.63, 3.8) is 0 Å². The van der Waals surface area contributed by atoms with Crippen molar-refractivity contribution in [2.45, 2.75) is 27.0 Å². The minimum atomic E-state index is -0.762. The number of hydrogen-bond donors (Lipinski definition) is 1. The molecule has 0 heterocycles. The Hall–Kier alpha value is -1.98.